The second kappa shape index (κ2) is 8.44. The first kappa shape index (κ1) is 19.2. The summed E-state index contributed by atoms with van der Waals surface area (Å²) in [4.78, 5) is 12.8. The van der Waals surface area contributed by atoms with Gasteiger partial charge in [-0.3, -0.25) is 4.79 Å². The number of nitrogens with one attached hydrogen (secondary N) is 1. The van der Waals surface area contributed by atoms with Gasteiger partial charge in [0.25, 0.3) is 5.91 Å². The molecule has 0 saturated carbocycles. The van der Waals surface area contributed by atoms with Crippen molar-refractivity contribution in [3.8, 4) is 5.75 Å². The van der Waals surface area contributed by atoms with Gasteiger partial charge in [-0.2, -0.15) is 0 Å². The number of carbonyl (C=O) groups excluding carboxylic acids is 1. The lowest BCUT2D eigenvalue weighted by Gasteiger charge is -2.18. The zero-order chi connectivity index (χ0) is 19.4. The fourth-order valence-electron chi connectivity index (χ4n) is 2.74. The molecule has 0 aliphatic heterocycles. The molecule has 1 atom stereocenters. The molecule has 138 valence electrons. The Bertz CT molecular complexity index is 961. The van der Waals surface area contributed by atoms with E-state index in [1.54, 1.807) is 42.5 Å². The number of amides is 1. The number of aliphatic hydroxyl groups is 1. The average Bonchev–Trinajstić information content (AvgIpc) is 2.69. The lowest BCUT2D eigenvalue weighted by atomic mass is 9.99. The maximum atomic E-state index is 12.8. The van der Waals surface area contributed by atoms with Crippen LogP contribution in [0.2, 0.25) is 10.0 Å². The molecule has 0 spiro atoms. The van der Waals surface area contributed by atoms with Crippen LogP contribution in [0.4, 0.5) is 5.69 Å². The Morgan fingerprint density at radius 2 is 1.67 bits per heavy atom. The molecule has 3 rings (SSSR count). The normalized spacial score (nSPS) is 11.7. The molecule has 27 heavy (non-hydrogen) atoms. The van der Waals surface area contributed by atoms with Crippen LogP contribution in [0.25, 0.3) is 0 Å². The minimum absolute atomic E-state index is 0.292. The molecular weight excluding hydrogens is 385 g/mol. The maximum absolute atomic E-state index is 12.8. The van der Waals surface area contributed by atoms with Crippen LogP contribution < -0.4 is 10.1 Å². The number of aliphatic hydroxyl groups excluding tert-OH is 1. The summed E-state index contributed by atoms with van der Waals surface area (Å²) < 4.78 is 5.24. The quantitative estimate of drug-likeness (QED) is 0.606. The van der Waals surface area contributed by atoms with E-state index < -0.39 is 12.0 Å². The summed E-state index contributed by atoms with van der Waals surface area (Å²) in [5, 5.41) is 14.5. The van der Waals surface area contributed by atoms with Gasteiger partial charge in [-0.25, -0.2) is 0 Å². The Morgan fingerprint density at radius 3 is 2.37 bits per heavy atom. The van der Waals surface area contributed by atoms with E-state index in [9.17, 15) is 9.90 Å². The van der Waals surface area contributed by atoms with Gasteiger partial charge in [0.2, 0.25) is 0 Å². The molecule has 3 aromatic rings. The predicted molar refractivity (Wildman–Crippen MR) is 108 cm³/mol. The second-order valence-electron chi connectivity index (χ2n) is 5.84. The monoisotopic (exact) mass is 401 g/mol. The Kier molecular flexibility index (Phi) is 6.01. The molecule has 2 N–H and O–H groups in total. The number of hydrogen-bond donors (Lipinski definition) is 2. The van der Waals surface area contributed by atoms with Crippen LogP contribution >= 0.6 is 23.2 Å². The van der Waals surface area contributed by atoms with Crippen LogP contribution in [-0.4, -0.2) is 18.1 Å². The number of ether oxygens (including phenoxy) is 1. The van der Waals surface area contributed by atoms with Gasteiger partial charge in [-0.1, -0.05) is 53.5 Å². The van der Waals surface area contributed by atoms with Gasteiger partial charge in [0.15, 0.2) is 0 Å². The highest BCUT2D eigenvalue weighted by Crippen LogP contribution is 2.32. The number of anilines is 1. The Balaban J connectivity index is 1.96. The maximum Gasteiger partial charge on any atom is 0.259 e. The summed E-state index contributed by atoms with van der Waals surface area (Å²) in [7, 11) is 1.48. The van der Waals surface area contributed by atoms with Crippen molar-refractivity contribution in [3.05, 3.63) is 93.5 Å². The lowest BCUT2D eigenvalue weighted by Crippen LogP contribution is -2.15. The molecule has 1 amide bonds. The van der Waals surface area contributed by atoms with Crippen LogP contribution in [0.1, 0.15) is 27.6 Å². The van der Waals surface area contributed by atoms with Gasteiger partial charge in [-0.05, 0) is 42.0 Å². The van der Waals surface area contributed by atoms with E-state index in [2.05, 4.69) is 5.32 Å². The van der Waals surface area contributed by atoms with Crippen molar-refractivity contribution in [1.29, 1.82) is 0 Å². The topological polar surface area (TPSA) is 58.6 Å². The number of carbonyl (C=O) groups is 1. The van der Waals surface area contributed by atoms with E-state index in [0.29, 0.717) is 38.2 Å². The molecule has 0 aliphatic rings. The van der Waals surface area contributed by atoms with Crippen molar-refractivity contribution in [3.63, 3.8) is 0 Å². The lowest BCUT2D eigenvalue weighted by molar-refractivity contribution is 0.102. The fourth-order valence-corrected chi connectivity index (χ4v) is 3.09. The second-order valence-corrected chi connectivity index (χ2v) is 6.72. The zero-order valence-corrected chi connectivity index (χ0v) is 16.0. The smallest absolute Gasteiger partial charge is 0.259 e. The number of halogens is 2. The van der Waals surface area contributed by atoms with E-state index in [0.717, 1.165) is 0 Å². The molecule has 0 fully saturated rings. The highest BCUT2D eigenvalue weighted by molar-refractivity contribution is 6.31. The molecule has 0 aliphatic carbocycles. The zero-order valence-electron chi connectivity index (χ0n) is 14.4. The molecule has 0 bridgehead atoms. The fraction of sp³-hybridized carbons (Fsp3) is 0.0952. The highest BCUT2D eigenvalue weighted by Gasteiger charge is 2.19. The third-order valence-corrected chi connectivity index (χ3v) is 4.55. The molecule has 6 heteroatoms. The van der Waals surface area contributed by atoms with Gasteiger partial charge < -0.3 is 15.2 Å². The van der Waals surface area contributed by atoms with Crippen LogP contribution in [0, 0.1) is 0 Å². The molecule has 4 nitrogen and oxygen atoms in total. The van der Waals surface area contributed by atoms with Gasteiger partial charge in [0, 0.05) is 21.3 Å². The molecule has 0 unspecified atom stereocenters. The summed E-state index contributed by atoms with van der Waals surface area (Å²) >= 11 is 12.1. The van der Waals surface area contributed by atoms with E-state index in [1.807, 2.05) is 18.2 Å². The molecule has 0 aromatic heterocycles. The van der Waals surface area contributed by atoms with Gasteiger partial charge >= 0.3 is 0 Å². The van der Waals surface area contributed by atoms with E-state index in [-0.39, 0.29) is 0 Å². The number of methoxy groups -OCH3 is 1. The first-order valence-electron chi connectivity index (χ1n) is 8.17. The summed E-state index contributed by atoms with van der Waals surface area (Å²) in [6.07, 6.45) is -0.943. The highest BCUT2D eigenvalue weighted by atomic mass is 35.5. The Labute approximate surface area is 167 Å². The van der Waals surface area contributed by atoms with Gasteiger partial charge in [0.1, 0.15) is 11.9 Å². The Morgan fingerprint density at radius 1 is 1.00 bits per heavy atom. The van der Waals surface area contributed by atoms with Crippen molar-refractivity contribution in [1.82, 2.24) is 0 Å². The Hall–Kier alpha value is -2.53. The first-order chi connectivity index (χ1) is 13.0. The van der Waals surface area contributed by atoms with Gasteiger partial charge in [-0.15, -0.1) is 0 Å². The molecular formula is C21H17Cl2NO3. The van der Waals surface area contributed by atoms with Crippen molar-refractivity contribution >= 4 is 34.8 Å². The number of rotatable bonds is 5. The van der Waals surface area contributed by atoms with Crippen LogP contribution in [0.15, 0.2) is 66.7 Å². The largest absolute Gasteiger partial charge is 0.496 e. The summed E-state index contributed by atoms with van der Waals surface area (Å²) in [6.45, 7) is 0. The summed E-state index contributed by atoms with van der Waals surface area (Å²) in [5.41, 5.74) is 1.92. The van der Waals surface area contributed by atoms with Crippen LogP contribution in [-0.2, 0) is 0 Å². The minimum Gasteiger partial charge on any atom is -0.496 e. The van der Waals surface area contributed by atoms with E-state index in [1.165, 1.54) is 13.2 Å². The molecule has 0 radical (unpaired) electrons. The summed E-state index contributed by atoms with van der Waals surface area (Å²) in [5.74, 6) is -0.00537. The predicted octanol–water partition coefficient (Wildman–Crippen LogP) is 5.34. The van der Waals surface area contributed by atoms with Gasteiger partial charge in [0.05, 0.1) is 12.7 Å². The van der Waals surface area contributed by atoms with E-state index >= 15 is 0 Å². The van der Waals surface area contributed by atoms with Crippen LogP contribution in [0.3, 0.4) is 0 Å². The number of benzene rings is 3. The van der Waals surface area contributed by atoms with Crippen molar-refractivity contribution in [2.24, 2.45) is 0 Å². The SMILES string of the molecule is COc1ccc(Cl)cc1C(=O)Nc1ccc(Cl)cc1[C@@H](O)c1ccccc1. The molecule has 0 saturated heterocycles. The third-order valence-electron chi connectivity index (χ3n) is 4.08. The summed E-state index contributed by atoms with van der Waals surface area (Å²) in [6, 6.07) is 18.9. The van der Waals surface area contributed by atoms with Crippen molar-refractivity contribution in [2.45, 2.75) is 6.10 Å². The minimum atomic E-state index is -0.943. The van der Waals surface area contributed by atoms with E-state index in [4.69, 9.17) is 27.9 Å². The third kappa shape index (κ3) is 4.42. The van der Waals surface area contributed by atoms with Crippen LogP contribution in [0.5, 0.6) is 5.75 Å². The first-order valence-corrected chi connectivity index (χ1v) is 8.92. The molecule has 0 heterocycles. The molecule has 3 aromatic carbocycles. The average molecular weight is 402 g/mol. The van der Waals surface area contributed by atoms with Crippen molar-refractivity contribution in [2.75, 3.05) is 12.4 Å². The standard InChI is InChI=1S/C21H17Cl2NO3/c1-27-19-10-8-15(23)12-17(19)21(26)24-18-9-7-14(22)11-16(18)20(25)13-5-3-2-4-6-13/h2-12,20,25H,1H3,(H,24,26)/t20-/m0/s1. The van der Waals surface area contributed by atoms with Crippen molar-refractivity contribution < 1.29 is 14.6 Å². The number of hydrogen-bond acceptors (Lipinski definition) is 3.